The zero-order chi connectivity index (χ0) is 25.4. The van der Waals surface area contributed by atoms with Crippen molar-refractivity contribution in [3.05, 3.63) is 99.7 Å². The molecule has 2 aromatic carbocycles. The second-order valence-corrected chi connectivity index (χ2v) is 10.7. The highest BCUT2D eigenvalue weighted by molar-refractivity contribution is 7.15. The predicted molar refractivity (Wildman–Crippen MR) is 146 cm³/mol. The first-order valence-electron chi connectivity index (χ1n) is 12.8. The Hall–Kier alpha value is -3.71. The Morgan fingerprint density at radius 1 is 0.973 bits per heavy atom. The average molecular weight is 514 g/mol. The summed E-state index contributed by atoms with van der Waals surface area (Å²) in [5.41, 5.74) is 5.85. The number of hydrogen-bond acceptors (Lipinski definition) is 4. The summed E-state index contributed by atoms with van der Waals surface area (Å²) in [6.07, 6.45) is 6.80. The van der Waals surface area contributed by atoms with Gasteiger partial charge in [0.15, 0.2) is 0 Å². The van der Waals surface area contributed by atoms with E-state index in [9.17, 15) is 4.79 Å². The van der Waals surface area contributed by atoms with Crippen LogP contribution in [0.15, 0.2) is 66.9 Å². The van der Waals surface area contributed by atoms with Crippen LogP contribution in [-0.4, -0.2) is 29.7 Å². The number of rotatable bonds is 5. The van der Waals surface area contributed by atoms with Crippen LogP contribution >= 0.6 is 11.3 Å². The maximum atomic E-state index is 14.0. The number of nitrogens with zero attached hydrogens (tertiary/aromatic N) is 2. The quantitative estimate of drug-likeness (QED) is 0.343. The number of urea groups is 1. The molecule has 7 heteroatoms. The molecule has 2 aliphatic rings. The van der Waals surface area contributed by atoms with Crippen LogP contribution in [0.5, 0.6) is 11.5 Å². The highest BCUT2D eigenvalue weighted by Crippen LogP contribution is 2.44. The summed E-state index contributed by atoms with van der Waals surface area (Å²) in [6, 6.07) is 19.8. The molecule has 0 radical (unpaired) electrons. The van der Waals surface area contributed by atoms with Crippen molar-refractivity contribution in [2.75, 3.05) is 14.2 Å². The van der Waals surface area contributed by atoms with Crippen LogP contribution in [0.2, 0.25) is 0 Å². The molecule has 0 bridgehead atoms. The lowest BCUT2D eigenvalue weighted by Crippen LogP contribution is -2.41. The molecule has 190 valence electrons. The molecule has 6 nitrogen and oxygen atoms in total. The third kappa shape index (κ3) is 4.37. The monoisotopic (exact) mass is 513 g/mol. The fourth-order valence-corrected chi connectivity index (χ4v) is 7.01. The maximum absolute atomic E-state index is 14.0. The maximum Gasteiger partial charge on any atom is 0.318 e. The van der Waals surface area contributed by atoms with Crippen LogP contribution in [0.3, 0.4) is 0 Å². The number of aromatic nitrogens is 1. The number of amides is 2. The number of nitrogens with one attached hydrogen (secondary N) is 1. The molecule has 0 saturated heterocycles. The van der Waals surface area contributed by atoms with Crippen molar-refractivity contribution >= 4 is 17.4 Å². The molecule has 6 rings (SSSR count). The van der Waals surface area contributed by atoms with Crippen LogP contribution in [0.1, 0.15) is 51.7 Å². The Bertz CT molecular complexity index is 1440. The summed E-state index contributed by atoms with van der Waals surface area (Å²) in [5, 5.41) is 4.45. The Morgan fingerprint density at radius 2 is 1.76 bits per heavy atom. The molecule has 1 aliphatic heterocycles. The van der Waals surface area contributed by atoms with E-state index in [-0.39, 0.29) is 12.1 Å². The van der Waals surface area contributed by atoms with Crippen molar-refractivity contribution in [1.82, 2.24) is 14.8 Å². The standard InChI is InChI=1S/C30H31N3O3S/c1-35-22-10-5-8-20(16-22)18-31-30(34)33-19-25-24-12-3-4-14-27(24)37-29(25)32-15-7-13-26(32)28(33)21-9-6-11-23(17-21)36-2/h5-11,13,15-17,28H,3-4,12,14,18-19H2,1-2H3,(H,31,34). The highest BCUT2D eigenvalue weighted by atomic mass is 32.1. The van der Waals surface area contributed by atoms with Gasteiger partial charge in [-0.15, -0.1) is 11.3 Å². The normalized spacial score (nSPS) is 16.3. The van der Waals surface area contributed by atoms with Crippen LogP contribution < -0.4 is 14.8 Å². The molecule has 2 aromatic heterocycles. The number of thiophene rings is 1. The van der Waals surface area contributed by atoms with Crippen LogP contribution in [0.25, 0.3) is 5.00 Å². The molecule has 1 N–H and O–H groups in total. The van der Waals surface area contributed by atoms with E-state index in [2.05, 4.69) is 34.3 Å². The number of fused-ring (bicyclic) bond motifs is 5. The molecular formula is C30H31N3O3S. The molecule has 0 fully saturated rings. The van der Waals surface area contributed by atoms with E-state index in [0.717, 1.165) is 41.2 Å². The highest BCUT2D eigenvalue weighted by Gasteiger charge is 2.36. The van der Waals surface area contributed by atoms with Gasteiger partial charge in [-0.2, -0.15) is 0 Å². The van der Waals surface area contributed by atoms with E-state index in [1.54, 1.807) is 14.2 Å². The molecule has 2 amide bonds. The van der Waals surface area contributed by atoms with Gasteiger partial charge in [-0.05, 0) is 78.8 Å². The van der Waals surface area contributed by atoms with Gasteiger partial charge >= 0.3 is 6.03 Å². The minimum Gasteiger partial charge on any atom is -0.497 e. The van der Waals surface area contributed by atoms with Gasteiger partial charge in [0.2, 0.25) is 0 Å². The lowest BCUT2D eigenvalue weighted by atomic mass is 9.95. The summed E-state index contributed by atoms with van der Waals surface area (Å²) < 4.78 is 13.2. The van der Waals surface area contributed by atoms with Gasteiger partial charge in [0.05, 0.1) is 32.5 Å². The number of aryl methyl sites for hydroxylation is 1. The van der Waals surface area contributed by atoms with Gasteiger partial charge in [0.25, 0.3) is 0 Å². The Morgan fingerprint density at radius 3 is 2.59 bits per heavy atom. The molecule has 4 aromatic rings. The molecule has 1 unspecified atom stereocenters. The topological polar surface area (TPSA) is 55.7 Å². The van der Waals surface area contributed by atoms with E-state index in [1.807, 2.05) is 58.7 Å². The average Bonchev–Trinajstić information content (AvgIpc) is 3.53. The molecular weight excluding hydrogens is 482 g/mol. The van der Waals surface area contributed by atoms with Crippen molar-refractivity contribution in [3.63, 3.8) is 0 Å². The summed E-state index contributed by atoms with van der Waals surface area (Å²) in [5.74, 6) is 1.56. The van der Waals surface area contributed by atoms with Gasteiger partial charge in [-0.25, -0.2) is 4.79 Å². The third-order valence-electron chi connectivity index (χ3n) is 7.43. The first-order valence-corrected chi connectivity index (χ1v) is 13.6. The fourth-order valence-electron chi connectivity index (χ4n) is 5.61. The third-order valence-corrected chi connectivity index (χ3v) is 8.76. The van der Waals surface area contributed by atoms with Gasteiger partial charge < -0.3 is 24.3 Å². The van der Waals surface area contributed by atoms with Gasteiger partial charge in [0, 0.05) is 23.2 Å². The summed E-state index contributed by atoms with van der Waals surface area (Å²) in [6.45, 7) is 0.988. The van der Waals surface area contributed by atoms with E-state index in [4.69, 9.17) is 9.47 Å². The first kappa shape index (κ1) is 23.7. The van der Waals surface area contributed by atoms with Crippen molar-refractivity contribution in [3.8, 4) is 16.5 Å². The number of methoxy groups -OCH3 is 2. The second kappa shape index (κ2) is 9.98. The van der Waals surface area contributed by atoms with Crippen LogP contribution in [0.4, 0.5) is 4.79 Å². The number of benzene rings is 2. The number of carbonyl (C=O) groups is 1. The Balaban J connectivity index is 1.42. The van der Waals surface area contributed by atoms with Crippen molar-refractivity contribution in [2.45, 2.75) is 44.8 Å². The number of carbonyl (C=O) groups excluding carboxylic acids is 1. The minimum atomic E-state index is -0.255. The molecule has 0 spiro atoms. The van der Waals surface area contributed by atoms with E-state index in [1.165, 1.54) is 33.8 Å². The van der Waals surface area contributed by atoms with E-state index >= 15 is 0 Å². The summed E-state index contributed by atoms with van der Waals surface area (Å²) in [7, 11) is 3.33. The zero-order valence-corrected chi connectivity index (χ0v) is 22.0. The molecule has 0 saturated carbocycles. The van der Waals surface area contributed by atoms with E-state index in [0.29, 0.717) is 13.1 Å². The smallest absolute Gasteiger partial charge is 0.318 e. The van der Waals surface area contributed by atoms with Gasteiger partial charge in [0.1, 0.15) is 16.5 Å². The Labute approximate surface area is 221 Å². The van der Waals surface area contributed by atoms with Crippen molar-refractivity contribution in [2.24, 2.45) is 0 Å². The fraction of sp³-hybridized carbons (Fsp3) is 0.300. The van der Waals surface area contributed by atoms with Crippen LogP contribution in [0, 0.1) is 0 Å². The molecule has 1 aliphatic carbocycles. The number of ether oxygens (including phenoxy) is 2. The summed E-state index contributed by atoms with van der Waals surface area (Å²) >= 11 is 1.90. The lowest BCUT2D eigenvalue weighted by molar-refractivity contribution is 0.180. The number of hydrogen-bond donors (Lipinski definition) is 1. The molecule has 3 heterocycles. The first-order chi connectivity index (χ1) is 18.2. The molecule has 1 atom stereocenters. The van der Waals surface area contributed by atoms with Gasteiger partial charge in [-0.3, -0.25) is 0 Å². The SMILES string of the molecule is COc1cccc(CNC(=O)N2Cc3c(sc4c3CCCC4)-n3cccc3C2c2cccc(OC)c2)c1. The summed E-state index contributed by atoms with van der Waals surface area (Å²) in [4.78, 5) is 17.5. The largest absolute Gasteiger partial charge is 0.497 e. The lowest BCUT2D eigenvalue weighted by Gasteiger charge is -2.31. The molecule has 37 heavy (non-hydrogen) atoms. The Kier molecular flexibility index (Phi) is 6.38. The van der Waals surface area contributed by atoms with Gasteiger partial charge in [-0.1, -0.05) is 24.3 Å². The second-order valence-electron chi connectivity index (χ2n) is 9.61. The van der Waals surface area contributed by atoms with Crippen LogP contribution in [-0.2, 0) is 25.9 Å². The predicted octanol–water partition coefficient (Wildman–Crippen LogP) is 6.25. The van der Waals surface area contributed by atoms with E-state index < -0.39 is 0 Å². The van der Waals surface area contributed by atoms with Crippen molar-refractivity contribution in [1.29, 1.82) is 0 Å². The van der Waals surface area contributed by atoms with Crippen molar-refractivity contribution < 1.29 is 14.3 Å². The zero-order valence-electron chi connectivity index (χ0n) is 21.2. The minimum absolute atomic E-state index is 0.0907.